The molecule has 0 atom stereocenters. The summed E-state index contributed by atoms with van der Waals surface area (Å²) in [5, 5.41) is 2.99. The van der Waals surface area contributed by atoms with E-state index in [-0.39, 0.29) is 37.1 Å². The zero-order valence-corrected chi connectivity index (χ0v) is 20.8. The minimum absolute atomic E-state index is 0. The van der Waals surface area contributed by atoms with Gasteiger partial charge >= 0.3 is 0 Å². The molecule has 1 heterocycles. The van der Waals surface area contributed by atoms with Gasteiger partial charge in [0.05, 0.1) is 6.42 Å². The second kappa shape index (κ2) is 12.6. The van der Waals surface area contributed by atoms with Gasteiger partial charge in [-0.3, -0.25) is 9.78 Å². The van der Waals surface area contributed by atoms with Crippen molar-refractivity contribution >= 4 is 36.4 Å². The average molecular weight is 474 g/mol. The molecule has 1 amide bonds. The molecule has 172 valence electrons. The van der Waals surface area contributed by atoms with Crippen LogP contribution in [0.2, 0.25) is 0 Å². The second-order valence-electron chi connectivity index (χ2n) is 8.24. The molecule has 2 aromatic carbocycles. The molecule has 3 N–H and O–H groups in total. The number of amides is 1. The molecule has 6 heteroatoms. The first kappa shape index (κ1) is 27.6. The number of carbonyl (C=O) groups is 1. The number of hydrogen-bond acceptors (Lipinski definition) is 3. The molecule has 0 saturated heterocycles. The molecule has 3 aromatic rings. The lowest BCUT2D eigenvalue weighted by molar-refractivity contribution is -0.115. The van der Waals surface area contributed by atoms with E-state index >= 15 is 0 Å². The monoisotopic (exact) mass is 473 g/mol. The quantitative estimate of drug-likeness (QED) is 0.438. The Balaban J connectivity index is 0.00000256. The second-order valence-corrected chi connectivity index (χ2v) is 8.24. The molecule has 0 aliphatic heterocycles. The van der Waals surface area contributed by atoms with Crippen molar-refractivity contribution in [1.29, 1.82) is 0 Å². The minimum atomic E-state index is -0.0564. The van der Waals surface area contributed by atoms with Crippen molar-refractivity contribution in [2.75, 3.05) is 5.32 Å². The molecule has 0 saturated carbocycles. The van der Waals surface area contributed by atoms with Gasteiger partial charge in [-0.25, -0.2) is 0 Å². The van der Waals surface area contributed by atoms with Gasteiger partial charge < -0.3 is 11.1 Å². The Morgan fingerprint density at radius 1 is 0.969 bits per heavy atom. The van der Waals surface area contributed by atoms with Crippen LogP contribution in [0.15, 0.2) is 54.6 Å². The van der Waals surface area contributed by atoms with Crippen LogP contribution in [-0.2, 0) is 24.2 Å². The van der Waals surface area contributed by atoms with Crippen molar-refractivity contribution in [3.63, 3.8) is 0 Å². The van der Waals surface area contributed by atoms with E-state index < -0.39 is 0 Å². The third kappa shape index (κ3) is 6.80. The summed E-state index contributed by atoms with van der Waals surface area (Å²) in [6.45, 7) is 8.83. The number of carbonyl (C=O) groups excluding carboxylic acids is 1. The summed E-state index contributed by atoms with van der Waals surface area (Å²) in [4.78, 5) is 17.8. The molecule has 4 nitrogen and oxygen atoms in total. The fourth-order valence-electron chi connectivity index (χ4n) is 3.79. The highest BCUT2D eigenvalue weighted by molar-refractivity contribution is 5.94. The van der Waals surface area contributed by atoms with Crippen LogP contribution in [0.1, 0.15) is 41.9 Å². The first-order valence-corrected chi connectivity index (χ1v) is 10.5. The molecule has 32 heavy (non-hydrogen) atoms. The normalized spacial score (nSPS) is 10.3. The van der Waals surface area contributed by atoms with Crippen LogP contribution >= 0.6 is 24.8 Å². The Morgan fingerprint density at radius 2 is 1.59 bits per heavy atom. The van der Waals surface area contributed by atoms with Gasteiger partial charge in [-0.2, -0.15) is 0 Å². The number of halogens is 2. The third-order valence-electron chi connectivity index (χ3n) is 5.23. The maximum atomic E-state index is 12.9. The van der Waals surface area contributed by atoms with Gasteiger partial charge in [0.15, 0.2) is 0 Å². The van der Waals surface area contributed by atoms with E-state index in [9.17, 15) is 4.79 Å². The van der Waals surface area contributed by atoms with E-state index in [0.29, 0.717) is 12.5 Å². The van der Waals surface area contributed by atoms with E-state index in [1.54, 1.807) is 0 Å². The number of nitrogens with zero attached hydrogens (tertiary/aromatic N) is 1. The highest BCUT2D eigenvalue weighted by Crippen LogP contribution is 2.33. The maximum absolute atomic E-state index is 12.9. The maximum Gasteiger partial charge on any atom is 0.228 e. The fourth-order valence-corrected chi connectivity index (χ4v) is 3.79. The molecule has 3 rings (SSSR count). The van der Waals surface area contributed by atoms with Gasteiger partial charge in [-0.05, 0) is 60.6 Å². The molecule has 0 aliphatic rings. The summed E-state index contributed by atoms with van der Waals surface area (Å²) in [6.07, 6.45) is 1.12. The van der Waals surface area contributed by atoms with Crippen LogP contribution in [0.4, 0.5) is 5.69 Å². The molecule has 0 spiro atoms. The first-order valence-electron chi connectivity index (χ1n) is 10.5. The Bertz CT molecular complexity index is 1020. The number of nitrogens with one attached hydrogen (secondary N) is 1. The summed E-state index contributed by atoms with van der Waals surface area (Å²) in [5.41, 5.74) is 14.3. The standard InChI is InChI=1S/C26H31N3O.2ClH/c1-17(2)14-24-23(16-27)26(20-12-10-18(3)11-13-20)22(19(4)28-24)15-25(30)29-21-8-6-5-7-9-21;;/h5-13,17H,14-16,27H2,1-4H3,(H,29,30);2*1H. The van der Waals surface area contributed by atoms with Gasteiger partial charge in [0.25, 0.3) is 0 Å². The van der Waals surface area contributed by atoms with E-state index in [2.05, 4.69) is 50.4 Å². The van der Waals surface area contributed by atoms with Crippen LogP contribution in [0.5, 0.6) is 0 Å². The predicted molar refractivity (Wildman–Crippen MR) is 139 cm³/mol. The van der Waals surface area contributed by atoms with Gasteiger partial charge in [-0.1, -0.05) is 61.9 Å². The molecular formula is C26H33Cl2N3O. The number of hydrogen-bond donors (Lipinski definition) is 2. The SMILES string of the molecule is Cc1ccc(-c2c(CC(=O)Nc3ccccc3)c(C)nc(CC(C)C)c2CN)cc1.Cl.Cl. The molecule has 1 aromatic heterocycles. The Morgan fingerprint density at radius 3 is 2.16 bits per heavy atom. The van der Waals surface area contributed by atoms with Gasteiger partial charge in [-0.15, -0.1) is 24.8 Å². The van der Waals surface area contributed by atoms with Crippen LogP contribution in [0.25, 0.3) is 11.1 Å². The summed E-state index contributed by atoms with van der Waals surface area (Å²) in [7, 11) is 0. The number of pyridine rings is 1. The smallest absolute Gasteiger partial charge is 0.228 e. The van der Waals surface area contributed by atoms with Crippen molar-refractivity contribution in [3.05, 3.63) is 82.7 Å². The van der Waals surface area contributed by atoms with Crippen LogP contribution in [-0.4, -0.2) is 10.9 Å². The summed E-state index contributed by atoms with van der Waals surface area (Å²) >= 11 is 0. The van der Waals surface area contributed by atoms with Crippen molar-refractivity contribution in [1.82, 2.24) is 4.98 Å². The highest BCUT2D eigenvalue weighted by atomic mass is 35.5. The Labute approximate surface area is 203 Å². The zero-order chi connectivity index (χ0) is 21.7. The highest BCUT2D eigenvalue weighted by Gasteiger charge is 2.21. The van der Waals surface area contributed by atoms with E-state index in [0.717, 1.165) is 45.7 Å². The zero-order valence-electron chi connectivity index (χ0n) is 19.1. The number of para-hydroxylation sites is 1. The Hall–Kier alpha value is -2.40. The number of aromatic nitrogens is 1. The van der Waals surface area contributed by atoms with Crippen molar-refractivity contribution < 1.29 is 4.79 Å². The van der Waals surface area contributed by atoms with Crippen molar-refractivity contribution in [2.45, 2.75) is 47.1 Å². The predicted octanol–water partition coefficient (Wildman–Crippen LogP) is 6.05. The molecule has 0 unspecified atom stereocenters. The van der Waals surface area contributed by atoms with Crippen LogP contribution < -0.4 is 11.1 Å². The largest absolute Gasteiger partial charge is 0.326 e. The molecule has 0 bridgehead atoms. The number of anilines is 1. The lowest BCUT2D eigenvalue weighted by atomic mass is 9.88. The first-order chi connectivity index (χ1) is 14.4. The Kier molecular flexibility index (Phi) is 10.9. The molecule has 0 fully saturated rings. The van der Waals surface area contributed by atoms with Crippen LogP contribution in [0, 0.1) is 19.8 Å². The number of aryl methyl sites for hydroxylation is 2. The average Bonchev–Trinajstić information content (AvgIpc) is 2.70. The van der Waals surface area contributed by atoms with Crippen molar-refractivity contribution in [2.24, 2.45) is 11.7 Å². The van der Waals surface area contributed by atoms with E-state index in [1.165, 1.54) is 5.56 Å². The van der Waals surface area contributed by atoms with Crippen LogP contribution in [0.3, 0.4) is 0 Å². The number of nitrogens with two attached hydrogens (primary N) is 1. The molecular weight excluding hydrogens is 441 g/mol. The molecule has 0 radical (unpaired) electrons. The summed E-state index contributed by atoms with van der Waals surface area (Å²) in [5.74, 6) is 0.416. The van der Waals surface area contributed by atoms with Gasteiger partial charge in [0.1, 0.15) is 0 Å². The summed E-state index contributed by atoms with van der Waals surface area (Å²) in [6, 6.07) is 18.0. The lowest BCUT2D eigenvalue weighted by Crippen LogP contribution is -2.19. The number of benzene rings is 2. The van der Waals surface area contributed by atoms with E-state index in [1.807, 2.05) is 37.3 Å². The van der Waals surface area contributed by atoms with Crippen molar-refractivity contribution in [3.8, 4) is 11.1 Å². The number of rotatable bonds is 7. The summed E-state index contributed by atoms with van der Waals surface area (Å²) < 4.78 is 0. The van der Waals surface area contributed by atoms with Gasteiger partial charge in [0, 0.05) is 23.6 Å². The fraction of sp³-hybridized carbons (Fsp3) is 0.308. The topological polar surface area (TPSA) is 68.0 Å². The minimum Gasteiger partial charge on any atom is -0.326 e. The van der Waals surface area contributed by atoms with E-state index in [4.69, 9.17) is 10.7 Å². The third-order valence-corrected chi connectivity index (χ3v) is 5.23. The molecule has 0 aliphatic carbocycles. The van der Waals surface area contributed by atoms with Gasteiger partial charge in [0.2, 0.25) is 5.91 Å². The lowest BCUT2D eigenvalue weighted by Gasteiger charge is -2.21.